The van der Waals surface area contributed by atoms with Gasteiger partial charge in [0.25, 0.3) is 0 Å². The molecule has 5 aromatic carbocycles. The molecule has 0 spiro atoms. The van der Waals surface area contributed by atoms with Crippen LogP contribution in [0.4, 0.5) is 0 Å². The number of benzene rings is 4. The van der Waals surface area contributed by atoms with E-state index in [1.54, 1.807) is 0 Å². The number of aryl methyl sites for hydroxylation is 2. The molecule has 0 aliphatic heterocycles. The third-order valence-electron chi connectivity index (χ3n) is 6.45. The molecule has 0 amide bonds. The number of hydrogen-bond acceptors (Lipinski definition) is 0. The van der Waals surface area contributed by atoms with Crippen molar-refractivity contribution >= 4 is 21.7 Å². The van der Waals surface area contributed by atoms with Gasteiger partial charge in [0.2, 0.25) is 0 Å². The monoisotopic (exact) mass is 567 g/mol. The maximum absolute atomic E-state index is 2.99. The molecule has 1 aliphatic carbocycles. The van der Waals surface area contributed by atoms with Crippen LogP contribution in [0.25, 0.3) is 27.4 Å². The topological polar surface area (TPSA) is 4.93 Å². The van der Waals surface area contributed by atoms with Crippen molar-refractivity contribution in [1.82, 2.24) is 4.57 Å². The molecule has 0 N–H and O–H groups in total. The van der Waals surface area contributed by atoms with Crippen molar-refractivity contribution in [1.29, 1.82) is 0 Å². The average Bonchev–Trinajstić information content (AvgIpc) is 3.75. The first-order valence-corrected chi connectivity index (χ1v) is 12.9. The summed E-state index contributed by atoms with van der Waals surface area (Å²) in [6.45, 7) is 0. The van der Waals surface area contributed by atoms with Crippen LogP contribution in [0.1, 0.15) is 17.5 Å². The van der Waals surface area contributed by atoms with Crippen LogP contribution < -0.4 is 0 Å². The first-order chi connectivity index (χ1) is 18.4. The van der Waals surface area contributed by atoms with Crippen LogP contribution in [-0.4, -0.2) is 4.57 Å². The second kappa shape index (κ2) is 14.4. The van der Waals surface area contributed by atoms with E-state index in [1.165, 1.54) is 38.5 Å². The maximum atomic E-state index is 2.99. The van der Waals surface area contributed by atoms with Crippen LogP contribution in [0.5, 0.6) is 0 Å². The molecule has 0 atom stereocenters. The molecular weight excluding hydrogens is 538 g/mol. The standard InChI is InChI=1S/C17H12N.C14H14.C5H5.Zr/c1-2-7-15-12-16(11-14(15)6-1)18-10-9-13-5-3-4-8-17(13)18;1-3-7-13(8-4-1)11-12-14-9-5-2-6-10-14;1-2-4-5-3-1;/h1-12H;1-10H,11-12H2;1-3H,4H2;/q-1;;-1;+2. The zero-order chi connectivity index (χ0) is 25.1. The molecule has 1 aromatic heterocycles. The molecule has 0 bridgehead atoms. The zero-order valence-corrected chi connectivity index (χ0v) is 24.0. The molecule has 0 fully saturated rings. The van der Waals surface area contributed by atoms with E-state index in [0.717, 1.165) is 19.3 Å². The molecule has 184 valence electrons. The van der Waals surface area contributed by atoms with Gasteiger partial charge in [0.05, 0.1) is 5.52 Å². The van der Waals surface area contributed by atoms with Gasteiger partial charge in [-0.1, -0.05) is 84.9 Å². The molecule has 7 rings (SSSR count). The van der Waals surface area contributed by atoms with Crippen molar-refractivity contribution in [2.75, 3.05) is 0 Å². The normalized spacial score (nSPS) is 11.4. The zero-order valence-electron chi connectivity index (χ0n) is 21.5. The summed E-state index contributed by atoms with van der Waals surface area (Å²) in [7, 11) is 0. The van der Waals surface area contributed by atoms with Crippen molar-refractivity contribution in [3.05, 3.63) is 169 Å². The van der Waals surface area contributed by atoms with Crippen LogP contribution in [-0.2, 0) is 39.0 Å². The summed E-state index contributed by atoms with van der Waals surface area (Å²) in [5.41, 5.74) is 5.32. The van der Waals surface area contributed by atoms with Crippen LogP contribution in [0.15, 0.2) is 152 Å². The molecule has 0 saturated heterocycles. The fourth-order valence-corrected chi connectivity index (χ4v) is 4.50. The predicted molar refractivity (Wildman–Crippen MR) is 158 cm³/mol. The Morgan fingerprint density at radius 1 is 0.658 bits per heavy atom. The van der Waals surface area contributed by atoms with E-state index >= 15 is 0 Å². The maximum Gasteiger partial charge on any atom is 2.00 e. The van der Waals surface area contributed by atoms with Crippen LogP contribution >= 0.6 is 0 Å². The Balaban J connectivity index is 0.000000150. The van der Waals surface area contributed by atoms with Crippen molar-refractivity contribution in [3.63, 3.8) is 0 Å². The van der Waals surface area contributed by atoms with Gasteiger partial charge in [0.15, 0.2) is 0 Å². The Labute approximate surface area is 245 Å². The molecule has 0 unspecified atom stereocenters. The molecule has 1 heterocycles. The molecule has 2 heteroatoms. The minimum absolute atomic E-state index is 0. The Morgan fingerprint density at radius 3 is 1.84 bits per heavy atom. The smallest absolute Gasteiger partial charge is 0.335 e. The van der Waals surface area contributed by atoms with E-state index < -0.39 is 0 Å². The quantitative estimate of drug-likeness (QED) is 0.187. The van der Waals surface area contributed by atoms with Gasteiger partial charge in [-0.05, 0) is 47.2 Å². The summed E-state index contributed by atoms with van der Waals surface area (Å²) in [5.74, 6) is 0. The molecule has 6 aromatic rings. The van der Waals surface area contributed by atoms with Crippen molar-refractivity contribution in [2.24, 2.45) is 0 Å². The van der Waals surface area contributed by atoms with Gasteiger partial charge in [-0.3, -0.25) is 6.08 Å². The molecule has 1 aliphatic rings. The van der Waals surface area contributed by atoms with Crippen LogP contribution in [0, 0.1) is 6.08 Å². The first kappa shape index (κ1) is 27.4. The van der Waals surface area contributed by atoms with Gasteiger partial charge in [-0.2, -0.15) is 6.08 Å². The summed E-state index contributed by atoms with van der Waals surface area (Å²) < 4.78 is 2.25. The van der Waals surface area contributed by atoms with Gasteiger partial charge in [0, 0.05) is 6.20 Å². The predicted octanol–water partition coefficient (Wildman–Crippen LogP) is 9.28. The van der Waals surface area contributed by atoms with E-state index in [-0.39, 0.29) is 26.2 Å². The molecule has 0 saturated carbocycles. The Kier molecular flexibility index (Phi) is 10.4. The van der Waals surface area contributed by atoms with Crippen molar-refractivity contribution < 1.29 is 26.2 Å². The number of para-hydroxylation sites is 1. The fourth-order valence-electron chi connectivity index (χ4n) is 4.50. The molecule has 1 nitrogen and oxygen atoms in total. The van der Waals surface area contributed by atoms with E-state index in [1.807, 2.05) is 12.2 Å². The number of fused-ring (bicyclic) bond motifs is 2. The minimum atomic E-state index is 0. The van der Waals surface area contributed by atoms with E-state index in [4.69, 9.17) is 0 Å². The molecule has 0 radical (unpaired) electrons. The summed E-state index contributed by atoms with van der Waals surface area (Å²) in [5, 5.41) is 3.87. The van der Waals surface area contributed by atoms with E-state index in [9.17, 15) is 0 Å². The summed E-state index contributed by atoms with van der Waals surface area (Å²) in [6, 6.07) is 44.8. The average molecular weight is 569 g/mol. The van der Waals surface area contributed by atoms with Gasteiger partial charge in [-0.25, -0.2) is 12.2 Å². The van der Waals surface area contributed by atoms with Gasteiger partial charge >= 0.3 is 26.2 Å². The third kappa shape index (κ3) is 7.47. The summed E-state index contributed by atoms with van der Waals surface area (Å²) in [4.78, 5) is 0. The van der Waals surface area contributed by atoms with E-state index in [0.29, 0.717) is 0 Å². The third-order valence-corrected chi connectivity index (χ3v) is 6.45. The fraction of sp³-hybridized carbons (Fsp3) is 0.0833. The first-order valence-electron chi connectivity index (χ1n) is 12.9. The Bertz CT molecular complexity index is 1500. The van der Waals surface area contributed by atoms with Crippen LogP contribution in [0.3, 0.4) is 0 Å². The SMILES string of the molecule is [C-]1=CC=CC1.[Zr+2].c1ccc(CCc2ccccc2)cc1.c1ccc2[cH-]c(-n3ccc4ccccc43)cc2c1. The number of nitrogens with zero attached hydrogens (tertiary/aromatic N) is 1. The van der Waals surface area contributed by atoms with Gasteiger partial charge in [0.1, 0.15) is 0 Å². The second-order valence-corrected chi connectivity index (χ2v) is 9.06. The molecule has 38 heavy (non-hydrogen) atoms. The van der Waals surface area contributed by atoms with E-state index in [2.05, 4.69) is 150 Å². The largest absolute Gasteiger partial charge is 2.00 e. The second-order valence-electron chi connectivity index (χ2n) is 9.06. The van der Waals surface area contributed by atoms with Gasteiger partial charge < -0.3 is 4.57 Å². The van der Waals surface area contributed by atoms with Gasteiger partial charge in [-0.15, -0.1) is 47.5 Å². The number of rotatable bonds is 4. The number of allylic oxidation sites excluding steroid dienone is 4. The number of aromatic nitrogens is 1. The Hall–Kier alpha value is -3.61. The number of hydrogen-bond donors (Lipinski definition) is 0. The van der Waals surface area contributed by atoms with Crippen molar-refractivity contribution in [3.8, 4) is 5.69 Å². The summed E-state index contributed by atoms with van der Waals surface area (Å²) >= 11 is 0. The van der Waals surface area contributed by atoms with Crippen LogP contribution in [0.2, 0.25) is 0 Å². The summed E-state index contributed by atoms with van der Waals surface area (Å²) in [6.07, 6.45) is 14.4. The molecular formula is C36H31NZr. The van der Waals surface area contributed by atoms with Crippen molar-refractivity contribution in [2.45, 2.75) is 19.3 Å². The minimum Gasteiger partial charge on any atom is -0.335 e. The Morgan fingerprint density at radius 2 is 1.26 bits per heavy atom.